The average molecular weight is 274 g/mol. The third kappa shape index (κ3) is 2.59. The number of furan rings is 1. The first-order chi connectivity index (χ1) is 8.79. The summed E-state index contributed by atoms with van der Waals surface area (Å²) >= 11 is 0. The number of carboxylic acid groups (broad SMARTS) is 1. The van der Waals surface area contributed by atoms with Crippen molar-refractivity contribution in [2.45, 2.75) is 6.18 Å². The number of hydrogen-bond acceptors (Lipinski definition) is 2. The number of aromatic carboxylic acids is 1. The maximum Gasteiger partial charge on any atom is 0.416 e. The van der Waals surface area contributed by atoms with Gasteiger partial charge in [0, 0.05) is 0 Å². The number of carboxylic acids is 1. The number of rotatable bonds is 2. The lowest BCUT2D eigenvalue weighted by Gasteiger charge is -2.08. The van der Waals surface area contributed by atoms with E-state index in [9.17, 15) is 22.4 Å². The number of hydrogen-bond donors (Lipinski definition) is 1. The SMILES string of the molecule is O=C(O)c1ccc(-c2cc(C(F)(F)F)ccc2F)o1. The van der Waals surface area contributed by atoms with E-state index in [2.05, 4.69) is 0 Å². The van der Waals surface area contributed by atoms with E-state index in [-0.39, 0.29) is 5.76 Å². The Labute approximate surface area is 104 Å². The van der Waals surface area contributed by atoms with Crippen LogP contribution >= 0.6 is 0 Å². The van der Waals surface area contributed by atoms with E-state index in [4.69, 9.17) is 9.52 Å². The zero-order valence-corrected chi connectivity index (χ0v) is 9.16. The molecule has 0 saturated carbocycles. The van der Waals surface area contributed by atoms with Crippen molar-refractivity contribution in [1.82, 2.24) is 0 Å². The van der Waals surface area contributed by atoms with Crippen LogP contribution in [0.1, 0.15) is 16.1 Å². The number of benzene rings is 1. The van der Waals surface area contributed by atoms with Crippen LogP contribution in [0.2, 0.25) is 0 Å². The molecule has 7 heteroatoms. The zero-order chi connectivity index (χ0) is 14.2. The van der Waals surface area contributed by atoms with Crippen molar-refractivity contribution in [3.8, 4) is 11.3 Å². The molecule has 1 heterocycles. The van der Waals surface area contributed by atoms with Gasteiger partial charge >= 0.3 is 12.1 Å². The minimum Gasteiger partial charge on any atom is -0.475 e. The predicted octanol–water partition coefficient (Wildman–Crippen LogP) is 3.80. The minimum absolute atomic E-state index is 0.277. The van der Waals surface area contributed by atoms with Gasteiger partial charge in [0.15, 0.2) is 0 Å². The fourth-order valence-corrected chi connectivity index (χ4v) is 1.49. The maximum absolute atomic E-state index is 13.5. The van der Waals surface area contributed by atoms with Crippen molar-refractivity contribution in [3.05, 3.63) is 47.5 Å². The molecular weight excluding hydrogens is 268 g/mol. The van der Waals surface area contributed by atoms with Crippen molar-refractivity contribution in [1.29, 1.82) is 0 Å². The molecule has 0 aliphatic rings. The van der Waals surface area contributed by atoms with Crippen LogP contribution in [0.5, 0.6) is 0 Å². The second kappa shape index (κ2) is 4.42. The smallest absolute Gasteiger partial charge is 0.416 e. The summed E-state index contributed by atoms with van der Waals surface area (Å²) in [6.07, 6.45) is -4.62. The van der Waals surface area contributed by atoms with Crippen LogP contribution in [0.25, 0.3) is 11.3 Å². The first-order valence-corrected chi connectivity index (χ1v) is 4.99. The highest BCUT2D eigenvalue weighted by molar-refractivity contribution is 5.85. The highest BCUT2D eigenvalue weighted by atomic mass is 19.4. The molecule has 0 aliphatic carbocycles. The van der Waals surface area contributed by atoms with Gasteiger partial charge in [0.25, 0.3) is 0 Å². The van der Waals surface area contributed by atoms with Crippen LogP contribution in [-0.4, -0.2) is 11.1 Å². The van der Waals surface area contributed by atoms with Gasteiger partial charge < -0.3 is 9.52 Å². The van der Waals surface area contributed by atoms with Crippen LogP contribution in [0, 0.1) is 5.82 Å². The average Bonchev–Trinajstić information content (AvgIpc) is 2.77. The predicted molar refractivity (Wildman–Crippen MR) is 56.1 cm³/mol. The van der Waals surface area contributed by atoms with Gasteiger partial charge in [-0.05, 0) is 30.3 Å². The van der Waals surface area contributed by atoms with E-state index in [0.717, 1.165) is 12.1 Å². The van der Waals surface area contributed by atoms with E-state index in [0.29, 0.717) is 18.2 Å². The largest absolute Gasteiger partial charge is 0.475 e. The van der Waals surface area contributed by atoms with Crippen molar-refractivity contribution < 1.29 is 31.9 Å². The lowest BCUT2D eigenvalue weighted by atomic mass is 10.1. The van der Waals surface area contributed by atoms with Crippen molar-refractivity contribution in [3.63, 3.8) is 0 Å². The minimum atomic E-state index is -4.62. The van der Waals surface area contributed by atoms with Crippen LogP contribution in [0.4, 0.5) is 17.6 Å². The van der Waals surface area contributed by atoms with E-state index in [1.807, 2.05) is 0 Å². The molecular formula is C12H6F4O3. The number of carbonyl (C=O) groups is 1. The summed E-state index contributed by atoms with van der Waals surface area (Å²) in [6.45, 7) is 0. The Morgan fingerprint density at radius 1 is 1.16 bits per heavy atom. The molecule has 1 N–H and O–H groups in total. The molecule has 2 rings (SSSR count). The van der Waals surface area contributed by atoms with Gasteiger partial charge in [-0.25, -0.2) is 9.18 Å². The van der Waals surface area contributed by atoms with E-state index >= 15 is 0 Å². The molecule has 0 spiro atoms. The van der Waals surface area contributed by atoms with Crippen molar-refractivity contribution >= 4 is 5.97 Å². The second-order valence-electron chi connectivity index (χ2n) is 3.66. The maximum atomic E-state index is 13.5. The van der Waals surface area contributed by atoms with Gasteiger partial charge in [0.1, 0.15) is 11.6 Å². The summed E-state index contributed by atoms with van der Waals surface area (Å²) < 4.78 is 55.8. The fraction of sp³-hybridized carbons (Fsp3) is 0.0833. The molecule has 2 aromatic rings. The Balaban J connectivity index is 2.51. The van der Waals surface area contributed by atoms with E-state index in [1.165, 1.54) is 0 Å². The topological polar surface area (TPSA) is 50.4 Å². The first kappa shape index (κ1) is 13.1. The Morgan fingerprint density at radius 3 is 2.37 bits per heavy atom. The lowest BCUT2D eigenvalue weighted by molar-refractivity contribution is -0.137. The molecule has 0 bridgehead atoms. The van der Waals surface area contributed by atoms with E-state index in [1.54, 1.807) is 0 Å². The Bertz CT molecular complexity index is 628. The molecule has 0 fully saturated rings. The van der Waals surface area contributed by atoms with Crippen LogP contribution < -0.4 is 0 Å². The van der Waals surface area contributed by atoms with Crippen LogP contribution in [-0.2, 0) is 6.18 Å². The molecule has 0 saturated heterocycles. The standard InChI is InChI=1S/C12H6F4O3/c13-8-2-1-6(12(14,15)16)5-7(8)9-3-4-10(19-9)11(17)18/h1-5H,(H,17,18). The fourth-order valence-electron chi connectivity index (χ4n) is 1.49. The summed E-state index contributed by atoms with van der Waals surface area (Å²) in [6, 6.07) is 3.96. The van der Waals surface area contributed by atoms with Gasteiger partial charge in [0.2, 0.25) is 5.76 Å². The summed E-state index contributed by atoms with van der Waals surface area (Å²) in [4.78, 5) is 10.6. The van der Waals surface area contributed by atoms with Gasteiger partial charge in [0.05, 0.1) is 11.1 Å². The quantitative estimate of drug-likeness (QED) is 0.847. The Morgan fingerprint density at radius 2 is 1.84 bits per heavy atom. The number of halogens is 4. The molecule has 3 nitrogen and oxygen atoms in total. The second-order valence-corrected chi connectivity index (χ2v) is 3.66. The summed E-state index contributed by atoms with van der Waals surface area (Å²) in [5, 5.41) is 8.63. The lowest BCUT2D eigenvalue weighted by Crippen LogP contribution is -2.05. The number of alkyl halides is 3. The summed E-state index contributed by atoms with van der Waals surface area (Å²) in [5.74, 6) is -3.08. The first-order valence-electron chi connectivity index (χ1n) is 4.99. The highest BCUT2D eigenvalue weighted by Gasteiger charge is 2.31. The monoisotopic (exact) mass is 274 g/mol. The molecule has 1 aromatic carbocycles. The Kier molecular flexibility index (Phi) is 3.05. The van der Waals surface area contributed by atoms with Crippen LogP contribution in [0.15, 0.2) is 34.7 Å². The third-order valence-corrected chi connectivity index (χ3v) is 2.38. The van der Waals surface area contributed by atoms with Gasteiger partial charge in [-0.3, -0.25) is 0 Å². The Hall–Kier alpha value is -2.31. The summed E-state index contributed by atoms with van der Waals surface area (Å²) in [7, 11) is 0. The zero-order valence-electron chi connectivity index (χ0n) is 9.16. The van der Waals surface area contributed by atoms with E-state index < -0.39 is 34.8 Å². The highest BCUT2D eigenvalue weighted by Crippen LogP contribution is 2.34. The van der Waals surface area contributed by atoms with Crippen LogP contribution in [0.3, 0.4) is 0 Å². The molecule has 0 aliphatic heterocycles. The van der Waals surface area contributed by atoms with Gasteiger partial charge in [-0.15, -0.1) is 0 Å². The normalized spacial score (nSPS) is 11.6. The third-order valence-electron chi connectivity index (χ3n) is 2.38. The van der Waals surface area contributed by atoms with Crippen molar-refractivity contribution in [2.75, 3.05) is 0 Å². The molecule has 0 unspecified atom stereocenters. The van der Waals surface area contributed by atoms with Gasteiger partial charge in [-0.2, -0.15) is 13.2 Å². The van der Waals surface area contributed by atoms with Gasteiger partial charge in [-0.1, -0.05) is 0 Å². The molecule has 100 valence electrons. The molecule has 1 aromatic heterocycles. The molecule has 19 heavy (non-hydrogen) atoms. The molecule has 0 amide bonds. The summed E-state index contributed by atoms with van der Waals surface area (Å²) in [5.41, 5.74) is -1.49. The molecule has 0 atom stereocenters. The molecule has 0 radical (unpaired) electrons. The van der Waals surface area contributed by atoms with Crippen molar-refractivity contribution in [2.24, 2.45) is 0 Å².